The third-order valence-corrected chi connectivity index (χ3v) is 4.52. The summed E-state index contributed by atoms with van der Waals surface area (Å²) in [6.07, 6.45) is 0.894. The number of hydrogen-bond acceptors (Lipinski definition) is 5. The highest BCUT2D eigenvalue weighted by Crippen LogP contribution is 2.30. The Kier molecular flexibility index (Phi) is 9.85. The number of ether oxygens (including phenoxy) is 4. The number of methoxy groups -OCH3 is 2. The lowest BCUT2D eigenvalue weighted by molar-refractivity contribution is 0.297. The summed E-state index contributed by atoms with van der Waals surface area (Å²) in [5, 5.41) is 6.63. The summed E-state index contributed by atoms with van der Waals surface area (Å²) in [4.78, 5) is 4.69. The SMILES string of the molecule is CCNC(=NCc1ccc2c(c1)OCCCO2)NCc1ccc(OC)cc1OC.I. The van der Waals surface area contributed by atoms with E-state index in [1.807, 2.05) is 43.3 Å². The molecule has 0 saturated heterocycles. The monoisotopic (exact) mass is 527 g/mol. The number of halogens is 1. The molecule has 2 N–H and O–H groups in total. The molecule has 0 aliphatic carbocycles. The van der Waals surface area contributed by atoms with Gasteiger partial charge in [0.1, 0.15) is 11.5 Å². The van der Waals surface area contributed by atoms with Crippen molar-refractivity contribution in [2.45, 2.75) is 26.4 Å². The lowest BCUT2D eigenvalue weighted by atomic mass is 10.2. The van der Waals surface area contributed by atoms with Crippen LogP contribution >= 0.6 is 24.0 Å². The molecule has 30 heavy (non-hydrogen) atoms. The van der Waals surface area contributed by atoms with E-state index in [2.05, 4.69) is 10.6 Å². The minimum absolute atomic E-state index is 0. The molecular formula is C22H30IN3O4. The average molecular weight is 527 g/mol. The van der Waals surface area contributed by atoms with Gasteiger partial charge in [0.25, 0.3) is 0 Å². The van der Waals surface area contributed by atoms with Gasteiger partial charge < -0.3 is 29.6 Å². The summed E-state index contributed by atoms with van der Waals surface area (Å²) < 4.78 is 22.2. The maximum atomic E-state index is 5.76. The molecule has 0 saturated carbocycles. The van der Waals surface area contributed by atoms with E-state index in [9.17, 15) is 0 Å². The maximum absolute atomic E-state index is 5.76. The Morgan fingerprint density at radius 1 is 1.00 bits per heavy atom. The first-order chi connectivity index (χ1) is 14.2. The van der Waals surface area contributed by atoms with Crippen molar-refractivity contribution < 1.29 is 18.9 Å². The van der Waals surface area contributed by atoms with Crippen molar-refractivity contribution in [3.05, 3.63) is 47.5 Å². The smallest absolute Gasteiger partial charge is 0.191 e. The van der Waals surface area contributed by atoms with Crippen LogP contribution in [0, 0.1) is 0 Å². The van der Waals surface area contributed by atoms with Gasteiger partial charge in [-0.15, -0.1) is 24.0 Å². The van der Waals surface area contributed by atoms with E-state index in [0.29, 0.717) is 26.3 Å². The van der Waals surface area contributed by atoms with Crippen LogP contribution in [0.25, 0.3) is 0 Å². The van der Waals surface area contributed by atoms with Gasteiger partial charge in [0, 0.05) is 31.1 Å². The van der Waals surface area contributed by atoms with Crippen LogP contribution in [0.2, 0.25) is 0 Å². The standard InChI is InChI=1S/C22H29N3O4.HI/c1-4-23-22(25-15-17-7-8-18(26-2)13-20(17)27-3)24-14-16-6-9-19-21(12-16)29-11-5-10-28-19;/h6-9,12-13H,4-5,10-11,14-15H2,1-3H3,(H2,23,24,25);1H. The molecule has 0 spiro atoms. The molecule has 1 aliphatic heterocycles. The maximum Gasteiger partial charge on any atom is 0.191 e. The van der Waals surface area contributed by atoms with Crippen LogP contribution in [0.3, 0.4) is 0 Å². The fraction of sp³-hybridized carbons (Fsp3) is 0.409. The highest BCUT2D eigenvalue weighted by atomic mass is 127. The Morgan fingerprint density at radius 3 is 2.53 bits per heavy atom. The number of hydrogen-bond donors (Lipinski definition) is 2. The molecule has 2 aromatic carbocycles. The summed E-state index contributed by atoms with van der Waals surface area (Å²) in [6.45, 7) is 5.29. The largest absolute Gasteiger partial charge is 0.497 e. The zero-order chi connectivity index (χ0) is 20.5. The molecular weight excluding hydrogens is 497 g/mol. The van der Waals surface area contributed by atoms with E-state index < -0.39 is 0 Å². The van der Waals surface area contributed by atoms with Crippen molar-refractivity contribution in [3.63, 3.8) is 0 Å². The van der Waals surface area contributed by atoms with E-state index in [-0.39, 0.29) is 24.0 Å². The summed E-state index contributed by atoms with van der Waals surface area (Å²) in [5.74, 6) is 3.86. The Labute approximate surface area is 195 Å². The second kappa shape index (κ2) is 12.4. The number of benzene rings is 2. The minimum atomic E-state index is 0. The second-order valence-electron chi connectivity index (χ2n) is 6.56. The number of guanidine groups is 1. The molecule has 0 bridgehead atoms. The summed E-state index contributed by atoms with van der Waals surface area (Å²) in [7, 11) is 3.30. The number of aliphatic imine (C=N–C) groups is 1. The van der Waals surface area contributed by atoms with E-state index in [4.69, 9.17) is 23.9 Å². The third kappa shape index (κ3) is 6.58. The molecule has 0 amide bonds. The molecule has 3 rings (SSSR count). The molecule has 0 atom stereocenters. The fourth-order valence-corrected chi connectivity index (χ4v) is 2.99. The predicted molar refractivity (Wildman–Crippen MR) is 129 cm³/mol. The zero-order valence-electron chi connectivity index (χ0n) is 17.7. The number of fused-ring (bicyclic) bond motifs is 1. The molecule has 8 heteroatoms. The first kappa shape index (κ1) is 23.9. The molecule has 164 valence electrons. The zero-order valence-corrected chi connectivity index (χ0v) is 20.0. The van der Waals surface area contributed by atoms with Crippen molar-refractivity contribution in [3.8, 4) is 23.0 Å². The predicted octanol–water partition coefficient (Wildman–Crippen LogP) is 3.74. The van der Waals surface area contributed by atoms with Crippen LogP contribution in [-0.4, -0.2) is 39.9 Å². The summed E-state index contributed by atoms with van der Waals surface area (Å²) in [5.41, 5.74) is 2.09. The Hall–Kier alpha value is -2.36. The van der Waals surface area contributed by atoms with E-state index >= 15 is 0 Å². The second-order valence-corrected chi connectivity index (χ2v) is 6.56. The Morgan fingerprint density at radius 2 is 1.80 bits per heavy atom. The normalized spacial score (nSPS) is 13.0. The fourth-order valence-electron chi connectivity index (χ4n) is 2.99. The van der Waals surface area contributed by atoms with Gasteiger partial charge in [-0.2, -0.15) is 0 Å². The molecule has 1 heterocycles. The van der Waals surface area contributed by atoms with Crippen molar-refractivity contribution in [2.24, 2.45) is 4.99 Å². The minimum Gasteiger partial charge on any atom is -0.497 e. The number of nitrogens with one attached hydrogen (secondary N) is 2. The van der Waals surface area contributed by atoms with E-state index in [0.717, 1.165) is 53.1 Å². The van der Waals surface area contributed by atoms with Crippen LogP contribution in [0.4, 0.5) is 0 Å². The van der Waals surface area contributed by atoms with Gasteiger partial charge in [-0.1, -0.05) is 6.07 Å². The van der Waals surface area contributed by atoms with Crippen molar-refractivity contribution in [2.75, 3.05) is 34.0 Å². The molecule has 0 fully saturated rings. The van der Waals surface area contributed by atoms with Crippen LogP contribution in [0.5, 0.6) is 23.0 Å². The molecule has 1 aliphatic rings. The number of nitrogens with zero attached hydrogens (tertiary/aromatic N) is 1. The van der Waals surface area contributed by atoms with E-state index in [1.165, 1.54) is 0 Å². The Balaban J connectivity index is 0.00000320. The highest BCUT2D eigenvalue weighted by molar-refractivity contribution is 14.0. The molecule has 0 aromatic heterocycles. The van der Waals surface area contributed by atoms with Gasteiger partial charge in [0.15, 0.2) is 17.5 Å². The quantitative estimate of drug-likeness (QED) is 0.325. The van der Waals surface area contributed by atoms with Gasteiger partial charge in [0.2, 0.25) is 0 Å². The van der Waals surface area contributed by atoms with Gasteiger partial charge in [-0.25, -0.2) is 4.99 Å². The summed E-state index contributed by atoms with van der Waals surface area (Å²) >= 11 is 0. The lowest BCUT2D eigenvalue weighted by Crippen LogP contribution is -2.36. The van der Waals surface area contributed by atoms with Crippen molar-refractivity contribution in [1.82, 2.24) is 10.6 Å². The van der Waals surface area contributed by atoms with E-state index in [1.54, 1.807) is 14.2 Å². The molecule has 0 radical (unpaired) electrons. The van der Waals surface area contributed by atoms with Crippen LogP contribution in [0.1, 0.15) is 24.5 Å². The van der Waals surface area contributed by atoms with Crippen molar-refractivity contribution >= 4 is 29.9 Å². The topological polar surface area (TPSA) is 73.3 Å². The van der Waals surface area contributed by atoms with Crippen LogP contribution < -0.4 is 29.6 Å². The van der Waals surface area contributed by atoms with Crippen molar-refractivity contribution in [1.29, 1.82) is 0 Å². The van der Waals surface area contributed by atoms with Crippen LogP contribution in [0.15, 0.2) is 41.4 Å². The van der Waals surface area contributed by atoms with Gasteiger partial charge in [-0.3, -0.25) is 0 Å². The molecule has 0 unspecified atom stereocenters. The van der Waals surface area contributed by atoms with Crippen LogP contribution in [-0.2, 0) is 13.1 Å². The third-order valence-electron chi connectivity index (χ3n) is 4.52. The summed E-state index contributed by atoms with van der Waals surface area (Å²) in [6, 6.07) is 11.7. The average Bonchev–Trinajstić information content (AvgIpc) is 3.00. The lowest BCUT2D eigenvalue weighted by Gasteiger charge is -2.14. The van der Waals surface area contributed by atoms with Gasteiger partial charge in [-0.05, 0) is 36.8 Å². The first-order valence-corrected chi connectivity index (χ1v) is 9.85. The van der Waals surface area contributed by atoms with Gasteiger partial charge >= 0.3 is 0 Å². The Bertz CT molecular complexity index is 845. The number of rotatable bonds is 7. The highest BCUT2D eigenvalue weighted by Gasteiger charge is 2.11. The molecule has 7 nitrogen and oxygen atoms in total. The van der Waals surface area contributed by atoms with Gasteiger partial charge in [0.05, 0.1) is 34.0 Å². The first-order valence-electron chi connectivity index (χ1n) is 9.85. The molecule has 2 aromatic rings.